The van der Waals surface area contributed by atoms with Crippen LogP contribution in [-0.2, 0) is 5.54 Å². The van der Waals surface area contributed by atoms with Crippen molar-refractivity contribution in [3.63, 3.8) is 0 Å². The fourth-order valence-corrected chi connectivity index (χ4v) is 3.75. The summed E-state index contributed by atoms with van der Waals surface area (Å²) in [4.78, 5) is 1.85. The molecule has 0 spiro atoms. The van der Waals surface area contributed by atoms with Gasteiger partial charge >= 0.3 is 0 Å². The summed E-state index contributed by atoms with van der Waals surface area (Å²) in [7, 11) is 0. The molecular weight excluding hydrogens is 349 g/mol. The van der Waals surface area contributed by atoms with Crippen molar-refractivity contribution in [2.75, 3.05) is 13.1 Å². The predicted octanol–water partition coefficient (Wildman–Crippen LogP) is 4.29. The maximum atomic E-state index is 14.4. The number of nitrogens with one attached hydrogen (secondary N) is 2. The molecule has 2 aromatic carbocycles. The van der Waals surface area contributed by atoms with Gasteiger partial charge in [0.15, 0.2) is 0 Å². The Labute approximate surface area is 164 Å². The second kappa shape index (κ2) is 6.94. The van der Waals surface area contributed by atoms with Crippen molar-refractivity contribution in [2.45, 2.75) is 12.0 Å². The van der Waals surface area contributed by atoms with E-state index in [1.807, 2.05) is 17.0 Å². The Balaban J connectivity index is 1.79. The van der Waals surface area contributed by atoms with Gasteiger partial charge in [0.1, 0.15) is 11.4 Å². The SMILES string of the molecule is C=C1NC(=C)C(CN2CC#CC/C=C(/F)C2=C)(c2ccc3ccccc3c2)N1. The van der Waals surface area contributed by atoms with Crippen molar-refractivity contribution in [3.05, 3.63) is 96.9 Å². The Hall–Kier alpha value is -3.45. The summed E-state index contributed by atoms with van der Waals surface area (Å²) in [5.74, 6) is 6.38. The maximum Gasteiger partial charge on any atom is 0.142 e. The number of nitrogens with zero attached hydrogens (tertiary/aromatic N) is 1. The van der Waals surface area contributed by atoms with Crippen LogP contribution in [0.2, 0.25) is 0 Å². The number of hydrogen-bond donors (Lipinski definition) is 2. The first-order chi connectivity index (χ1) is 13.5. The highest BCUT2D eigenvalue weighted by molar-refractivity contribution is 5.83. The van der Waals surface area contributed by atoms with E-state index >= 15 is 0 Å². The lowest BCUT2D eigenvalue weighted by molar-refractivity contribution is 0.284. The summed E-state index contributed by atoms with van der Waals surface area (Å²) in [6.45, 7) is 13.0. The second-order valence-corrected chi connectivity index (χ2v) is 7.09. The lowest BCUT2D eigenvalue weighted by atomic mass is 9.86. The second-order valence-electron chi connectivity index (χ2n) is 7.09. The van der Waals surface area contributed by atoms with E-state index in [1.165, 1.54) is 6.08 Å². The third kappa shape index (κ3) is 3.05. The van der Waals surface area contributed by atoms with E-state index in [9.17, 15) is 4.39 Å². The van der Waals surface area contributed by atoms with E-state index in [0.29, 0.717) is 31.0 Å². The molecule has 1 saturated heterocycles. The summed E-state index contributed by atoms with van der Waals surface area (Å²) in [6, 6.07) is 14.5. The van der Waals surface area contributed by atoms with E-state index in [2.05, 4.69) is 72.5 Å². The van der Waals surface area contributed by atoms with Gasteiger partial charge in [0.2, 0.25) is 0 Å². The van der Waals surface area contributed by atoms with Crippen molar-refractivity contribution >= 4 is 10.8 Å². The summed E-state index contributed by atoms with van der Waals surface area (Å²) in [6.07, 6.45) is 1.87. The molecule has 2 heterocycles. The standard InChI is InChI=1S/C24H22FN3/c1-17-23(25)11-5-4-8-14-28(17)16-24(18(2)26-19(3)27-24)22-13-12-20-9-6-7-10-21(20)15-22/h6-7,9-13,15,26-27H,1-3,5,14,16H2/b23-11+. The summed E-state index contributed by atoms with van der Waals surface area (Å²) in [5.41, 5.74) is 1.45. The molecule has 0 bridgehead atoms. The van der Waals surface area contributed by atoms with E-state index in [-0.39, 0.29) is 5.83 Å². The number of fused-ring (bicyclic) bond motifs is 1. The van der Waals surface area contributed by atoms with Crippen LogP contribution >= 0.6 is 0 Å². The van der Waals surface area contributed by atoms with Crippen molar-refractivity contribution < 1.29 is 4.39 Å². The fraction of sp³-hybridized carbons (Fsp3) is 0.167. The molecule has 2 N–H and O–H groups in total. The summed E-state index contributed by atoms with van der Waals surface area (Å²) < 4.78 is 14.4. The minimum absolute atomic E-state index is 0.335. The molecule has 0 aliphatic carbocycles. The van der Waals surface area contributed by atoms with E-state index < -0.39 is 5.54 Å². The number of halogens is 1. The molecule has 1 unspecified atom stereocenters. The molecule has 2 aliphatic heterocycles. The molecule has 4 heteroatoms. The minimum Gasteiger partial charge on any atom is -0.356 e. The Morgan fingerprint density at radius 3 is 2.61 bits per heavy atom. The van der Waals surface area contributed by atoms with Gasteiger partial charge in [-0.25, -0.2) is 4.39 Å². The van der Waals surface area contributed by atoms with Crippen LogP contribution in [0.1, 0.15) is 12.0 Å². The van der Waals surface area contributed by atoms with Gasteiger partial charge < -0.3 is 15.5 Å². The molecule has 3 nitrogen and oxygen atoms in total. The van der Waals surface area contributed by atoms with Gasteiger partial charge in [0.05, 0.1) is 24.6 Å². The summed E-state index contributed by atoms with van der Waals surface area (Å²) >= 11 is 0. The van der Waals surface area contributed by atoms with Crippen molar-refractivity contribution in [3.8, 4) is 11.8 Å². The molecule has 1 atom stereocenters. The van der Waals surface area contributed by atoms with Gasteiger partial charge in [-0.15, -0.1) is 0 Å². The van der Waals surface area contributed by atoms with E-state index in [0.717, 1.165) is 22.0 Å². The zero-order chi connectivity index (χ0) is 19.7. The third-order valence-corrected chi connectivity index (χ3v) is 5.29. The number of hydrogen-bond acceptors (Lipinski definition) is 3. The molecule has 0 amide bonds. The zero-order valence-electron chi connectivity index (χ0n) is 15.7. The molecular formula is C24H22FN3. The molecule has 1 fully saturated rings. The topological polar surface area (TPSA) is 27.3 Å². The largest absolute Gasteiger partial charge is 0.356 e. The minimum atomic E-state index is -0.675. The van der Waals surface area contributed by atoms with Crippen LogP contribution in [0.25, 0.3) is 10.8 Å². The van der Waals surface area contributed by atoms with Gasteiger partial charge in [-0.3, -0.25) is 0 Å². The van der Waals surface area contributed by atoms with Crippen LogP contribution < -0.4 is 10.6 Å². The molecule has 4 rings (SSSR count). The molecule has 2 aromatic rings. The van der Waals surface area contributed by atoms with E-state index in [1.54, 1.807) is 0 Å². The quantitative estimate of drug-likeness (QED) is 0.789. The first-order valence-electron chi connectivity index (χ1n) is 9.18. The lowest BCUT2D eigenvalue weighted by Gasteiger charge is -2.37. The van der Waals surface area contributed by atoms with Crippen molar-refractivity contribution in [1.82, 2.24) is 15.5 Å². The number of rotatable bonds is 3. The lowest BCUT2D eigenvalue weighted by Crippen LogP contribution is -2.48. The fourth-order valence-electron chi connectivity index (χ4n) is 3.75. The van der Waals surface area contributed by atoms with Crippen LogP contribution in [0.15, 0.2) is 91.3 Å². The van der Waals surface area contributed by atoms with Gasteiger partial charge in [-0.05, 0) is 28.5 Å². The Bertz CT molecular complexity index is 1090. The van der Waals surface area contributed by atoms with Crippen LogP contribution in [-0.4, -0.2) is 18.0 Å². The van der Waals surface area contributed by atoms with Crippen molar-refractivity contribution in [2.24, 2.45) is 0 Å². The summed E-state index contributed by atoms with van der Waals surface area (Å²) in [5, 5.41) is 8.92. The Morgan fingerprint density at radius 1 is 1.07 bits per heavy atom. The normalized spacial score (nSPS) is 23.8. The molecule has 2 aliphatic rings. The molecule has 0 radical (unpaired) electrons. The molecule has 28 heavy (non-hydrogen) atoms. The maximum absolute atomic E-state index is 14.4. The van der Waals surface area contributed by atoms with Gasteiger partial charge in [-0.2, -0.15) is 0 Å². The van der Waals surface area contributed by atoms with Crippen LogP contribution in [0.3, 0.4) is 0 Å². The smallest absolute Gasteiger partial charge is 0.142 e. The molecule has 0 aromatic heterocycles. The highest BCUT2D eigenvalue weighted by atomic mass is 19.1. The van der Waals surface area contributed by atoms with Gasteiger partial charge in [-0.1, -0.05) is 68.0 Å². The van der Waals surface area contributed by atoms with Gasteiger partial charge in [0, 0.05) is 12.1 Å². The Morgan fingerprint density at radius 2 is 1.86 bits per heavy atom. The van der Waals surface area contributed by atoms with Gasteiger partial charge in [0.25, 0.3) is 0 Å². The average molecular weight is 371 g/mol. The highest BCUT2D eigenvalue weighted by Crippen LogP contribution is 2.36. The monoisotopic (exact) mass is 371 g/mol. The highest BCUT2D eigenvalue weighted by Gasteiger charge is 2.42. The predicted molar refractivity (Wildman–Crippen MR) is 112 cm³/mol. The first-order valence-corrected chi connectivity index (χ1v) is 9.18. The number of allylic oxidation sites excluding steroid dienone is 2. The third-order valence-electron chi connectivity index (χ3n) is 5.29. The first kappa shape index (κ1) is 17.9. The van der Waals surface area contributed by atoms with Crippen LogP contribution in [0.5, 0.6) is 0 Å². The Kier molecular flexibility index (Phi) is 4.44. The zero-order valence-corrected chi connectivity index (χ0v) is 15.7. The van der Waals surface area contributed by atoms with Crippen LogP contribution in [0.4, 0.5) is 4.39 Å². The van der Waals surface area contributed by atoms with E-state index in [4.69, 9.17) is 0 Å². The molecule has 0 saturated carbocycles. The van der Waals surface area contributed by atoms with Crippen LogP contribution in [0, 0.1) is 11.8 Å². The molecule has 140 valence electrons. The average Bonchev–Trinajstić information content (AvgIpc) is 2.98. The van der Waals surface area contributed by atoms with Crippen molar-refractivity contribution in [1.29, 1.82) is 0 Å². The number of benzene rings is 2.